The maximum Gasteiger partial charge on any atom is 0.303 e. The largest absolute Gasteiger partial charge is 0.481 e. The summed E-state index contributed by atoms with van der Waals surface area (Å²) < 4.78 is 12.8. The van der Waals surface area contributed by atoms with Crippen molar-refractivity contribution in [2.45, 2.75) is 32.6 Å². The number of aryl methyl sites for hydroxylation is 1. The third kappa shape index (κ3) is 6.34. The van der Waals surface area contributed by atoms with E-state index in [-0.39, 0.29) is 18.2 Å². The van der Waals surface area contributed by atoms with E-state index in [9.17, 15) is 9.18 Å². The van der Waals surface area contributed by atoms with Gasteiger partial charge in [0.2, 0.25) is 0 Å². The van der Waals surface area contributed by atoms with Crippen LogP contribution in [0.2, 0.25) is 0 Å². The van der Waals surface area contributed by atoms with Gasteiger partial charge < -0.3 is 10.8 Å². The number of carbonyl (C=O) groups is 1. The predicted molar refractivity (Wildman–Crippen MR) is 73.3 cm³/mol. The van der Waals surface area contributed by atoms with Gasteiger partial charge in [0.05, 0.1) is 0 Å². The Morgan fingerprint density at radius 3 is 2.53 bits per heavy atom. The maximum atomic E-state index is 12.8. The lowest BCUT2D eigenvalue weighted by atomic mass is 9.89. The van der Waals surface area contributed by atoms with Crippen molar-refractivity contribution in [3.8, 4) is 0 Å². The summed E-state index contributed by atoms with van der Waals surface area (Å²) in [4.78, 5) is 10.7. The summed E-state index contributed by atoms with van der Waals surface area (Å²) in [6, 6.07) is 6.51. The number of aliphatic carboxylic acids is 1. The summed E-state index contributed by atoms with van der Waals surface area (Å²) in [5.41, 5.74) is 6.70. The normalized spacial score (nSPS) is 14.1. The van der Waals surface area contributed by atoms with Crippen molar-refractivity contribution in [1.82, 2.24) is 0 Å². The molecule has 0 unspecified atom stereocenters. The van der Waals surface area contributed by atoms with Crippen LogP contribution in [0, 0.1) is 17.7 Å². The summed E-state index contributed by atoms with van der Waals surface area (Å²) in [7, 11) is 0. The van der Waals surface area contributed by atoms with Crippen LogP contribution in [0.1, 0.15) is 31.7 Å². The van der Waals surface area contributed by atoms with E-state index >= 15 is 0 Å². The summed E-state index contributed by atoms with van der Waals surface area (Å²) in [5, 5.41) is 8.77. The number of rotatable bonds is 8. The van der Waals surface area contributed by atoms with Gasteiger partial charge in [0.25, 0.3) is 0 Å². The van der Waals surface area contributed by atoms with Crippen molar-refractivity contribution in [1.29, 1.82) is 0 Å². The molecule has 19 heavy (non-hydrogen) atoms. The highest BCUT2D eigenvalue weighted by molar-refractivity contribution is 5.67. The molecule has 0 spiro atoms. The number of nitrogens with two attached hydrogens (primary N) is 1. The number of carboxylic acid groups (broad SMARTS) is 1. The lowest BCUT2D eigenvalue weighted by Crippen LogP contribution is -2.20. The van der Waals surface area contributed by atoms with Crippen LogP contribution in [0.4, 0.5) is 4.39 Å². The van der Waals surface area contributed by atoms with Crippen LogP contribution in [0.5, 0.6) is 0 Å². The number of carboxylic acids is 1. The van der Waals surface area contributed by atoms with Crippen LogP contribution < -0.4 is 5.73 Å². The zero-order chi connectivity index (χ0) is 14.3. The molecular weight excluding hydrogens is 245 g/mol. The van der Waals surface area contributed by atoms with E-state index in [1.54, 1.807) is 12.1 Å². The Morgan fingerprint density at radius 1 is 1.37 bits per heavy atom. The lowest BCUT2D eigenvalue weighted by Gasteiger charge is -2.18. The minimum absolute atomic E-state index is 0.0423. The molecule has 0 bridgehead atoms. The quantitative estimate of drug-likeness (QED) is 0.761. The standard InChI is InChI=1S/C15H22FNO2/c1-11(8-13(10-17)9-15(18)19)2-3-12-4-6-14(16)7-5-12/h4-7,11,13H,2-3,8-10,17H2,1H3,(H,18,19)/t11-,13+/m1/s1. The third-order valence-corrected chi connectivity index (χ3v) is 3.37. The molecule has 0 amide bonds. The second kappa shape index (κ2) is 7.89. The summed E-state index contributed by atoms with van der Waals surface area (Å²) in [6.07, 6.45) is 2.80. The second-order valence-electron chi connectivity index (χ2n) is 5.21. The first-order valence-corrected chi connectivity index (χ1v) is 6.67. The molecule has 106 valence electrons. The van der Waals surface area contributed by atoms with Gasteiger partial charge in [-0.3, -0.25) is 4.79 Å². The van der Waals surface area contributed by atoms with E-state index < -0.39 is 5.97 Å². The van der Waals surface area contributed by atoms with Crippen molar-refractivity contribution in [3.05, 3.63) is 35.6 Å². The molecule has 4 heteroatoms. The van der Waals surface area contributed by atoms with E-state index in [0.717, 1.165) is 24.8 Å². The molecule has 0 fully saturated rings. The average molecular weight is 267 g/mol. The number of hydrogen-bond donors (Lipinski definition) is 2. The van der Waals surface area contributed by atoms with E-state index in [1.165, 1.54) is 12.1 Å². The molecule has 1 aromatic carbocycles. The Hall–Kier alpha value is -1.42. The highest BCUT2D eigenvalue weighted by Gasteiger charge is 2.15. The van der Waals surface area contributed by atoms with Gasteiger partial charge in [-0.15, -0.1) is 0 Å². The first-order valence-electron chi connectivity index (χ1n) is 6.67. The Kier molecular flexibility index (Phi) is 6.50. The molecule has 1 rings (SSSR count). The Bertz CT molecular complexity index is 392. The highest BCUT2D eigenvalue weighted by atomic mass is 19.1. The van der Waals surface area contributed by atoms with Crippen LogP contribution in [0.3, 0.4) is 0 Å². The molecule has 2 atom stereocenters. The smallest absolute Gasteiger partial charge is 0.303 e. The third-order valence-electron chi connectivity index (χ3n) is 3.37. The molecule has 0 aromatic heterocycles. The average Bonchev–Trinajstić information content (AvgIpc) is 2.36. The number of halogens is 1. The van der Waals surface area contributed by atoms with Crippen molar-refractivity contribution >= 4 is 5.97 Å². The van der Waals surface area contributed by atoms with Gasteiger partial charge in [0, 0.05) is 6.42 Å². The van der Waals surface area contributed by atoms with Crippen LogP contribution in [-0.2, 0) is 11.2 Å². The Balaban J connectivity index is 2.35. The monoisotopic (exact) mass is 267 g/mol. The zero-order valence-electron chi connectivity index (χ0n) is 11.3. The minimum atomic E-state index is -0.791. The summed E-state index contributed by atoms with van der Waals surface area (Å²) in [5.74, 6) is -0.554. The predicted octanol–water partition coefficient (Wildman–Crippen LogP) is 2.83. The van der Waals surface area contributed by atoms with E-state index in [4.69, 9.17) is 10.8 Å². The van der Waals surface area contributed by atoms with Gasteiger partial charge in [0.15, 0.2) is 0 Å². The Morgan fingerprint density at radius 2 is 2.00 bits per heavy atom. The number of benzene rings is 1. The fraction of sp³-hybridized carbons (Fsp3) is 0.533. The van der Waals surface area contributed by atoms with Crippen molar-refractivity contribution in [2.24, 2.45) is 17.6 Å². The van der Waals surface area contributed by atoms with Gasteiger partial charge in [-0.05, 0) is 55.3 Å². The first kappa shape index (κ1) is 15.6. The molecule has 0 saturated carbocycles. The Labute approximate surface area is 113 Å². The topological polar surface area (TPSA) is 63.3 Å². The van der Waals surface area contributed by atoms with Gasteiger partial charge in [-0.2, -0.15) is 0 Å². The van der Waals surface area contributed by atoms with Gasteiger partial charge in [-0.1, -0.05) is 19.1 Å². The molecule has 0 aliphatic rings. The summed E-state index contributed by atoms with van der Waals surface area (Å²) >= 11 is 0. The van der Waals surface area contributed by atoms with Gasteiger partial charge in [0.1, 0.15) is 5.82 Å². The number of hydrogen-bond acceptors (Lipinski definition) is 2. The van der Waals surface area contributed by atoms with Crippen molar-refractivity contribution < 1.29 is 14.3 Å². The molecule has 3 N–H and O–H groups in total. The fourth-order valence-corrected chi connectivity index (χ4v) is 2.26. The fourth-order valence-electron chi connectivity index (χ4n) is 2.26. The molecule has 3 nitrogen and oxygen atoms in total. The molecule has 0 heterocycles. The van der Waals surface area contributed by atoms with Crippen LogP contribution in [-0.4, -0.2) is 17.6 Å². The highest BCUT2D eigenvalue weighted by Crippen LogP contribution is 2.19. The molecule has 0 aliphatic heterocycles. The van der Waals surface area contributed by atoms with Crippen LogP contribution in [0.25, 0.3) is 0 Å². The van der Waals surface area contributed by atoms with E-state index in [1.807, 2.05) is 0 Å². The zero-order valence-corrected chi connectivity index (χ0v) is 11.3. The molecular formula is C15H22FNO2. The lowest BCUT2D eigenvalue weighted by molar-refractivity contribution is -0.138. The second-order valence-corrected chi connectivity index (χ2v) is 5.21. The van der Waals surface area contributed by atoms with E-state index in [0.29, 0.717) is 12.5 Å². The van der Waals surface area contributed by atoms with Gasteiger partial charge in [-0.25, -0.2) is 4.39 Å². The van der Waals surface area contributed by atoms with E-state index in [2.05, 4.69) is 6.92 Å². The minimum Gasteiger partial charge on any atom is -0.481 e. The molecule has 0 aliphatic carbocycles. The van der Waals surface area contributed by atoms with Crippen LogP contribution in [0.15, 0.2) is 24.3 Å². The van der Waals surface area contributed by atoms with Crippen LogP contribution >= 0.6 is 0 Å². The van der Waals surface area contributed by atoms with Crippen molar-refractivity contribution in [3.63, 3.8) is 0 Å². The SMILES string of the molecule is C[C@H](CCc1ccc(F)cc1)C[C@H](CN)CC(=O)O. The molecule has 0 saturated heterocycles. The molecule has 0 radical (unpaired) electrons. The van der Waals surface area contributed by atoms with Crippen molar-refractivity contribution in [2.75, 3.05) is 6.54 Å². The molecule has 1 aromatic rings. The first-order chi connectivity index (χ1) is 9.01. The van der Waals surface area contributed by atoms with Gasteiger partial charge >= 0.3 is 5.97 Å². The summed E-state index contributed by atoms with van der Waals surface area (Å²) in [6.45, 7) is 2.52. The maximum absolute atomic E-state index is 12.8.